The fourth-order valence-corrected chi connectivity index (χ4v) is 3.88. The van der Waals surface area contributed by atoms with Crippen LogP contribution in [0, 0.1) is 6.92 Å². The third-order valence-electron chi connectivity index (χ3n) is 5.73. The molecule has 0 saturated heterocycles. The fourth-order valence-electron chi connectivity index (χ4n) is 3.88. The molecule has 6 heteroatoms. The Morgan fingerprint density at radius 2 is 1.90 bits per heavy atom. The fraction of sp³-hybridized carbons (Fsp3) is 0.250. The minimum absolute atomic E-state index is 0.0535. The van der Waals surface area contributed by atoms with Crippen molar-refractivity contribution in [1.29, 1.82) is 0 Å². The van der Waals surface area contributed by atoms with Gasteiger partial charge in [0, 0.05) is 5.56 Å². The molecule has 2 aromatic carbocycles. The van der Waals surface area contributed by atoms with Crippen molar-refractivity contribution >= 4 is 11.7 Å². The molecular weight excluding hydrogens is 380 g/mol. The summed E-state index contributed by atoms with van der Waals surface area (Å²) >= 11 is 0. The molecule has 0 unspecified atom stereocenters. The highest BCUT2D eigenvalue weighted by atomic mass is 16.7. The Morgan fingerprint density at radius 3 is 2.70 bits per heavy atom. The van der Waals surface area contributed by atoms with Crippen LogP contribution >= 0.6 is 0 Å². The van der Waals surface area contributed by atoms with Crippen LogP contribution in [-0.4, -0.2) is 24.8 Å². The Hall–Kier alpha value is -3.54. The van der Waals surface area contributed by atoms with Gasteiger partial charge in [0.05, 0.1) is 18.2 Å². The number of carbonyl (C=O) groups excluding carboxylic acids is 1. The molecule has 1 N–H and O–H groups in total. The highest BCUT2D eigenvalue weighted by molar-refractivity contribution is 6.01. The van der Waals surface area contributed by atoms with Gasteiger partial charge in [-0.25, -0.2) is 4.98 Å². The molecule has 1 amide bonds. The summed E-state index contributed by atoms with van der Waals surface area (Å²) in [6.07, 6.45) is 1.59. The first-order valence-electron chi connectivity index (χ1n) is 9.93. The number of aromatic nitrogens is 1. The first-order chi connectivity index (χ1) is 14.6. The summed E-state index contributed by atoms with van der Waals surface area (Å²) in [5.41, 5.74) is 3.16. The van der Waals surface area contributed by atoms with Gasteiger partial charge in [0.2, 0.25) is 12.7 Å². The number of benzene rings is 2. The molecule has 0 spiro atoms. The monoisotopic (exact) mass is 402 g/mol. The third-order valence-corrected chi connectivity index (χ3v) is 5.73. The van der Waals surface area contributed by atoms with E-state index in [4.69, 9.17) is 14.2 Å². The van der Waals surface area contributed by atoms with E-state index >= 15 is 0 Å². The Bertz CT molecular complexity index is 1140. The van der Waals surface area contributed by atoms with Gasteiger partial charge in [-0.3, -0.25) is 4.79 Å². The van der Waals surface area contributed by atoms with Crippen molar-refractivity contribution < 1.29 is 19.0 Å². The number of aryl methyl sites for hydroxylation is 1. The number of rotatable bonds is 5. The number of carbonyl (C=O) groups is 1. The largest absolute Gasteiger partial charge is 0.496 e. The van der Waals surface area contributed by atoms with Gasteiger partial charge in [-0.1, -0.05) is 23.8 Å². The maximum Gasteiger partial charge on any atom is 0.236 e. The minimum atomic E-state index is -0.542. The van der Waals surface area contributed by atoms with Crippen molar-refractivity contribution in [3.63, 3.8) is 0 Å². The maximum atomic E-state index is 13.2. The summed E-state index contributed by atoms with van der Waals surface area (Å²) in [6, 6.07) is 17.3. The molecule has 1 fully saturated rings. The average molecular weight is 402 g/mol. The Kier molecular flexibility index (Phi) is 4.35. The molecule has 2 heterocycles. The summed E-state index contributed by atoms with van der Waals surface area (Å²) in [5.74, 6) is 2.63. The molecule has 3 aromatic rings. The van der Waals surface area contributed by atoms with Crippen molar-refractivity contribution in [2.45, 2.75) is 25.2 Å². The van der Waals surface area contributed by atoms with Crippen LogP contribution in [-0.2, 0) is 10.2 Å². The third kappa shape index (κ3) is 3.14. The van der Waals surface area contributed by atoms with Crippen molar-refractivity contribution in [2.75, 3.05) is 19.2 Å². The van der Waals surface area contributed by atoms with Gasteiger partial charge >= 0.3 is 0 Å². The van der Waals surface area contributed by atoms with Gasteiger partial charge in [-0.15, -0.1) is 0 Å². The summed E-state index contributed by atoms with van der Waals surface area (Å²) in [5, 5.41) is 3.01. The van der Waals surface area contributed by atoms with E-state index in [0.717, 1.165) is 46.7 Å². The summed E-state index contributed by atoms with van der Waals surface area (Å²) in [4.78, 5) is 17.8. The predicted molar refractivity (Wildman–Crippen MR) is 113 cm³/mol. The Labute approximate surface area is 174 Å². The second-order valence-corrected chi connectivity index (χ2v) is 7.72. The van der Waals surface area contributed by atoms with Crippen molar-refractivity contribution in [3.8, 4) is 28.5 Å². The van der Waals surface area contributed by atoms with Crippen LogP contribution in [0.1, 0.15) is 24.0 Å². The van der Waals surface area contributed by atoms with Crippen LogP contribution < -0.4 is 19.5 Å². The van der Waals surface area contributed by atoms with Crippen LogP contribution in [0.5, 0.6) is 17.2 Å². The second-order valence-electron chi connectivity index (χ2n) is 7.72. The van der Waals surface area contributed by atoms with Crippen LogP contribution in [0.15, 0.2) is 54.6 Å². The number of pyridine rings is 1. The van der Waals surface area contributed by atoms with Crippen molar-refractivity contribution in [2.24, 2.45) is 0 Å². The Morgan fingerprint density at radius 1 is 1.07 bits per heavy atom. The lowest BCUT2D eigenvalue weighted by atomic mass is 9.94. The van der Waals surface area contributed by atoms with E-state index in [-0.39, 0.29) is 12.7 Å². The lowest BCUT2D eigenvalue weighted by Gasteiger charge is -2.16. The normalized spacial score (nSPS) is 15.5. The lowest BCUT2D eigenvalue weighted by molar-refractivity contribution is -0.118. The SMILES string of the molecule is COc1ccc(C)cc1-c1cccc(NC(=O)C2(c3ccc4c(c3)OCO4)CC2)n1. The molecule has 0 bridgehead atoms. The van der Waals surface area contributed by atoms with Crippen LogP contribution in [0.25, 0.3) is 11.3 Å². The molecule has 2 aliphatic rings. The van der Waals surface area contributed by atoms with E-state index in [1.807, 2.05) is 55.5 Å². The molecular formula is C24H22N2O4. The number of fused-ring (bicyclic) bond motifs is 1. The molecule has 0 atom stereocenters. The molecule has 1 aromatic heterocycles. The zero-order chi connectivity index (χ0) is 20.7. The summed E-state index contributed by atoms with van der Waals surface area (Å²) in [7, 11) is 1.64. The second kappa shape index (κ2) is 7.06. The molecule has 6 nitrogen and oxygen atoms in total. The number of hydrogen-bond acceptors (Lipinski definition) is 5. The van der Waals surface area contributed by atoms with E-state index in [1.54, 1.807) is 13.2 Å². The standard InChI is InChI=1S/C24H22N2O4/c1-15-6-8-19(28-2)17(12-15)18-4-3-5-22(25-18)26-23(27)24(10-11-24)16-7-9-20-21(13-16)30-14-29-20/h3-9,12-13H,10-11,14H2,1-2H3,(H,25,26,27). The van der Waals surface area contributed by atoms with Crippen LogP contribution in [0.3, 0.4) is 0 Å². The smallest absolute Gasteiger partial charge is 0.236 e. The number of amides is 1. The molecule has 5 rings (SSSR count). The molecule has 1 saturated carbocycles. The van der Waals surface area contributed by atoms with Gasteiger partial charge in [-0.2, -0.15) is 0 Å². The van der Waals surface area contributed by atoms with Crippen LogP contribution in [0.4, 0.5) is 5.82 Å². The van der Waals surface area contributed by atoms with E-state index < -0.39 is 5.41 Å². The summed E-state index contributed by atoms with van der Waals surface area (Å²) < 4.78 is 16.3. The topological polar surface area (TPSA) is 69.7 Å². The van der Waals surface area contributed by atoms with Gasteiger partial charge in [0.1, 0.15) is 11.6 Å². The summed E-state index contributed by atoms with van der Waals surface area (Å²) in [6.45, 7) is 2.24. The number of ether oxygens (including phenoxy) is 3. The number of nitrogens with one attached hydrogen (secondary N) is 1. The molecule has 0 radical (unpaired) electrons. The van der Waals surface area contributed by atoms with Gasteiger partial charge in [0.25, 0.3) is 0 Å². The molecule has 1 aliphatic carbocycles. The highest BCUT2D eigenvalue weighted by Gasteiger charge is 2.51. The van der Waals surface area contributed by atoms with Gasteiger partial charge in [0.15, 0.2) is 11.5 Å². The van der Waals surface area contributed by atoms with E-state index in [9.17, 15) is 4.79 Å². The maximum absolute atomic E-state index is 13.2. The first-order valence-corrected chi connectivity index (χ1v) is 9.93. The highest BCUT2D eigenvalue weighted by Crippen LogP contribution is 2.51. The number of methoxy groups -OCH3 is 1. The average Bonchev–Trinajstić information content (AvgIpc) is 3.45. The molecule has 30 heavy (non-hydrogen) atoms. The molecule has 152 valence electrons. The minimum Gasteiger partial charge on any atom is -0.496 e. The predicted octanol–water partition coefficient (Wildman–Crippen LogP) is 4.46. The van der Waals surface area contributed by atoms with E-state index in [1.165, 1.54) is 0 Å². The van der Waals surface area contributed by atoms with E-state index in [0.29, 0.717) is 11.6 Å². The lowest BCUT2D eigenvalue weighted by Crippen LogP contribution is -2.28. The van der Waals surface area contributed by atoms with Crippen LogP contribution in [0.2, 0.25) is 0 Å². The zero-order valence-corrected chi connectivity index (χ0v) is 16.9. The van der Waals surface area contributed by atoms with Gasteiger partial charge in [-0.05, 0) is 61.7 Å². The van der Waals surface area contributed by atoms with Crippen molar-refractivity contribution in [3.05, 3.63) is 65.7 Å². The first kappa shape index (κ1) is 18.5. The molecule has 1 aliphatic heterocycles. The van der Waals surface area contributed by atoms with Gasteiger partial charge < -0.3 is 19.5 Å². The Balaban J connectivity index is 1.41. The van der Waals surface area contributed by atoms with Crippen molar-refractivity contribution in [1.82, 2.24) is 4.98 Å². The number of nitrogens with zero attached hydrogens (tertiary/aromatic N) is 1. The number of hydrogen-bond donors (Lipinski definition) is 1. The quantitative estimate of drug-likeness (QED) is 0.682. The number of anilines is 1. The van der Waals surface area contributed by atoms with E-state index in [2.05, 4.69) is 10.3 Å². The zero-order valence-electron chi connectivity index (χ0n) is 16.9.